The fraction of sp³-hybridized carbons (Fsp3) is 0.786. The molecule has 0 aromatic heterocycles. The Morgan fingerprint density at radius 1 is 1.00 bits per heavy atom. The molecule has 2 saturated heterocycles. The van der Waals surface area contributed by atoms with Gasteiger partial charge in [0.25, 0.3) is 0 Å². The van der Waals surface area contributed by atoms with E-state index in [1.54, 1.807) is 9.80 Å². The molecule has 0 radical (unpaired) electrons. The summed E-state index contributed by atoms with van der Waals surface area (Å²) in [5, 5.41) is 0. The van der Waals surface area contributed by atoms with Crippen molar-refractivity contribution in [2.75, 3.05) is 33.3 Å². The van der Waals surface area contributed by atoms with E-state index in [-0.39, 0.29) is 29.7 Å². The normalized spacial score (nSPS) is 23.8. The van der Waals surface area contributed by atoms with Gasteiger partial charge < -0.3 is 20.3 Å². The van der Waals surface area contributed by atoms with Gasteiger partial charge in [0.1, 0.15) is 0 Å². The average molecular weight is 297 g/mol. The van der Waals surface area contributed by atoms with Crippen LogP contribution in [0.25, 0.3) is 0 Å². The highest BCUT2D eigenvalue weighted by molar-refractivity contribution is 5.81. The minimum atomic E-state index is -0.375. The summed E-state index contributed by atoms with van der Waals surface area (Å²) < 4.78 is 4.71. The maximum absolute atomic E-state index is 12.5. The number of nitrogens with zero attached hydrogens (tertiary/aromatic N) is 2. The van der Waals surface area contributed by atoms with Crippen LogP contribution in [0, 0.1) is 11.8 Å². The van der Waals surface area contributed by atoms with Gasteiger partial charge in [0, 0.05) is 32.1 Å². The van der Waals surface area contributed by atoms with Gasteiger partial charge in [-0.3, -0.25) is 9.59 Å². The highest BCUT2D eigenvalue weighted by Gasteiger charge is 2.33. The first kappa shape index (κ1) is 15.6. The molecule has 2 rings (SSSR count). The third kappa shape index (κ3) is 3.65. The number of methoxy groups -OCH3 is 1. The molecule has 2 aliphatic heterocycles. The number of carbonyl (C=O) groups is 3. The van der Waals surface area contributed by atoms with E-state index >= 15 is 0 Å². The van der Waals surface area contributed by atoms with E-state index < -0.39 is 0 Å². The number of amides is 3. The molecule has 0 aromatic carbocycles. The lowest BCUT2D eigenvalue weighted by atomic mass is 9.92. The van der Waals surface area contributed by atoms with Crippen molar-refractivity contribution in [2.45, 2.75) is 25.7 Å². The molecule has 2 fully saturated rings. The Kier molecular flexibility index (Phi) is 5.03. The third-order valence-corrected chi connectivity index (χ3v) is 4.41. The molecule has 0 aliphatic carbocycles. The van der Waals surface area contributed by atoms with Crippen molar-refractivity contribution in [2.24, 2.45) is 17.6 Å². The summed E-state index contributed by atoms with van der Waals surface area (Å²) >= 11 is 0. The van der Waals surface area contributed by atoms with E-state index in [0.29, 0.717) is 39.0 Å². The predicted octanol–water partition coefficient (Wildman–Crippen LogP) is 0.189. The van der Waals surface area contributed by atoms with Crippen LogP contribution in [-0.4, -0.2) is 61.0 Å². The van der Waals surface area contributed by atoms with Gasteiger partial charge in [-0.25, -0.2) is 4.79 Å². The van der Waals surface area contributed by atoms with Gasteiger partial charge in [-0.15, -0.1) is 0 Å². The Morgan fingerprint density at radius 3 is 2.24 bits per heavy atom. The summed E-state index contributed by atoms with van der Waals surface area (Å²) in [5.74, 6) is -0.488. The van der Waals surface area contributed by atoms with E-state index in [0.717, 1.165) is 12.8 Å². The molecule has 7 heteroatoms. The van der Waals surface area contributed by atoms with Crippen molar-refractivity contribution in [3.05, 3.63) is 0 Å². The first-order valence-electron chi connectivity index (χ1n) is 7.44. The number of carbonyl (C=O) groups excluding carboxylic acids is 3. The van der Waals surface area contributed by atoms with Crippen LogP contribution >= 0.6 is 0 Å². The Balaban J connectivity index is 1.88. The molecule has 3 amide bonds. The number of rotatable bonds is 2. The minimum absolute atomic E-state index is 0.0755. The van der Waals surface area contributed by atoms with Crippen molar-refractivity contribution in [1.82, 2.24) is 9.80 Å². The van der Waals surface area contributed by atoms with Crippen LogP contribution in [0.4, 0.5) is 4.79 Å². The van der Waals surface area contributed by atoms with Crippen LogP contribution < -0.4 is 5.73 Å². The molecule has 1 unspecified atom stereocenters. The highest BCUT2D eigenvalue weighted by Crippen LogP contribution is 2.23. The average Bonchev–Trinajstić information content (AvgIpc) is 2.53. The largest absolute Gasteiger partial charge is 0.453 e. The Morgan fingerprint density at radius 2 is 1.67 bits per heavy atom. The number of piperidine rings is 2. The minimum Gasteiger partial charge on any atom is -0.453 e. The van der Waals surface area contributed by atoms with Gasteiger partial charge in [-0.1, -0.05) is 0 Å². The fourth-order valence-corrected chi connectivity index (χ4v) is 3.12. The molecule has 0 saturated carbocycles. The molecule has 21 heavy (non-hydrogen) atoms. The van der Waals surface area contributed by atoms with Gasteiger partial charge in [-0.2, -0.15) is 0 Å². The Labute approximate surface area is 124 Å². The fourth-order valence-electron chi connectivity index (χ4n) is 3.12. The molecule has 2 N–H and O–H groups in total. The summed E-state index contributed by atoms with van der Waals surface area (Å²) in [6.07, 6.45) is 2.49. The van der Waals surface area contributed by atoms with Gasteiger partial charge in [0.15, 0.2) is 0 Å². The third-order valence-electron chi connectivity index (χ3n) is 4.41. The standard InChI is InChI=1S/C14H23N3O4/c1-21-14(20)17-6-2-3-11(9-17)13(19)16-7-4-10(5-8-16)12(15)18/h10-11H,2-9H2,1H3,(H2,15,18). The van der Waals surface area contributed by atoms with Gasteiger partial charge in [0.2, 0.25) is 11.8 Å². The molecular weight excluding hydrogens is 274 g/mol. The number of likely N-dealkylation sites (tertiary alicyclic amines) is 2. The maximum atomic E-state index is 12.5. The van der Waals surface area contributed by atoms with Crippen LogP contribution in [0.2, 0.25) is 0 Å². The number of ether oxygens (including phenoxy) is 1. The number of primary amides is 1. The molecule has 2 aliphatic rings. The highest BCUT2D eigenvalue weighted by atomic mass is 16.5. The smallest absolute Gasteiger partial charge is 0.409 e. The zero-order valence-electron chi connectivity index (χ0n) is 12.4. The van der Waals surface area contributed by atoms with Crippen LogP contribution in [0.15, 0.2) is 0 Å². The van der Waals surface area contributed by atoms with Crippen molar-refractivity contribution in [3.63, 3.8) is 0 Å². The second-order valence-electron chi connectivity index (χ2n) is 5.76. The van der Waals surface area contributed by atoms with E-state index in [1.807, 2.05) is 0 Å². The van der Waals surface area contributed by atoms with Gasteiger partial charge in [0.05, 0.1) is 13.0 Å². The van der Waals surface area contributed by atoms with Gasteiger partial charge >= 0.3 is 6.09 Å². The topological polar surface area (TPSA) is 92.9 Å². The van der Waals surface area contributed by atoms with E-state index in [2.05, 4.69) is 0 Å². The maximum Gasteiger partial charge on any atom is 0.409 e. The molecule has 0 bridgehead atoms. The lowest BCUT2D eigenvalue weighted by molar-refractivity contribution is -0.140. The van der Waals surface area contributed by atoms with Crippen LogP contribution in [0.3, 0.4) is 0 Å². The molecule has 118 valence electrons. The second-order valence-corrected chi connectivity index (χ2v) is 5.76. The molecular formula is C14H23N3O4. The van der Waals surface area contributed by atoms with Crippen molar-refractivity contribution >= 4 is 17.9 Å². The summed E-state index contributed by atoms with van der Waals surface area (Å²) in [5.41, 5.74) is 5.30. The Hall–Kier alpha value is -1.79. The summed E-state index contributed by atoms with van der Waals surface area (Å²) in [7, 11) is 1.35. The van der Waals surface area contributed by atoms with Crippen LogP contribution in [0.5, 0.6) is 0 Å². The zero-order chi connectivity index (χ0) is 15.4. The Bertz CT molecular complexity index is 418. The molecule has 7 nitrogen and oxygen atoms in total. The summed E-state index contributed by atoms with van der Waals surface area (Å²) in [6.45, 7) is 2.20. The molecule has 1 atom stereocenters. The quantitative estimate of drug-likeness (QED) is 0.787. The number of hydrogen-bond donors (Lipinski definition) is 1. The first-order valence-corrected chi connectivity index (χ1v) is 7.44. The summed E-state index contributed by atoms with van der Waals surface area (Å²) in [4.78, 5) is 38.6. The monoisotopic (exact) mass is 297 g/mol. The van der Waals surface area contributed by atoms with Crippen LogP contribution in [-0.2, 0) is 14.3 Å². The van der Waals surface area contributed by atoms with E-state index in [9.17, 15) is 14.4 Å². The SMILES string of the molecule is COC(=O)N1CCCC(C(=O)N2CCC(C(N)=O)CC2)C1. The number of nitrogens with two attached hydrogens (primary N) is 1. The molecule has 0 aromatic rings. The van der Waals surface area contributed by atoms with E-state index in [1.165, 1.54) is 7.11 Å². The number of hydrogen-bond acceptors (Lipinski definition) is 4. The second kappa shape index (κ2) is 6.78. The lowest BCUT2D eigenvalue weighted by Gasteiger charge is -2.36. The first-order chi connectivity index (χ1) is 10.0. The molecule has 0 spiro atoms. The van der Waals surface area contributed by atoms with Crippen LogP contribution in [0.1, 0.15) is 25.7 Å². The van der Waals surface area contributed by atoms with E-state index in [4.69, 9.17) is 10.5 Å². The molecule has 2 heterocycles. The van der Waals surface area contributed by atoms with Crippen molar-refractivity contribution < 1.29 is 19.1 Å². The van der Waals surface area contributed by atoms with Crippen molar-refractivity contribution in [3.8, 4) is 0 Å². The predicted molar refractivity (Wildman–Crippen MR) is 75.2 cm³/mol. The van der Waals surface area contributed by atoms with Crippen molar-refractivity contribution in [1.29, 1.82) is 0 Å². The zero-order valence-corrected chi connectivity index (χ0v) is 12.4. The lowest BCUT2D eigenvalue weighted by Crippen LogP contribution is -2.49. The summed E-state index contributed by atoms with van der Waals surface area (Å²) in [6, 6.07) is 0. The van der Waals surface area contributed by atoms with Gasteiger partial charge in [-0.05, 0) is 25.7 Å².